The van der Waals surface area contributed by atoms with Gasteiger partial charge >= 0.3 is 0 Å². The van der Waals surface area contributed by atoms with Gasteiger partial charge in [-0.25, -0.2) is 0 Å². The summed E-state index contributed by atoms with van der Waals surface area (Å²) in [6, 6.07) is 2.69. The van der Waals surface area contributed by atoms with Crippen molar-refractivity contribution in [2.45, 2.75) is 46.1 Å². The van der Waals surface area contributed by atoms with E-state index in [0.29, 0.717) is 6.04 Å². The summed E-state index contributed by atoms with van der Waals surface area (Å²) < 4.78 is 0. The fourth-order valence-electron chi connectivity index (χ4n) is 2.55. The van der Waals surface area contributed by atoms with E-state index < -0.39 is 0 Å². The van der Waals surface area contributed by atoms with Crippen molar-refractivity contribution in [3.63, 3.8) is 0 Å². The van der Waals surface area contributed by atoms with E-state index in [1.807, 2.05) is 12.4 Å². The van der Waals surface area contributed by atoms with Gasteiger partial charge in [-0.1, -0.05) is 20.3 Å². The zero-order valence-corrected chi connectivity index (χ0v) is 10.5. The molecule has 1 heterocycles. The average Bonchev–Trinajstić information content (AvgIpc) is 2.27. The minimum atomic E-state index is 0.617. The quantitative estimate of drug-likeness (QED) is 0.820. The first-order valence-corrected chi connectivity index (χ1v) is 6.34. The van der Waals surface area contributed by atoms with Gasteiger partial charge < -0.3 is 5.32 Å². The van der Waals surface area contributed by atoms with Gasteiger partial charge in [0.2, 0.25) is 0 Å². The number of aryl methyl sites for hydroxylation is 1. The molecule has 0 spiro atoms. The molecular formula is C14H22N2. The van der Waals surface area contributed by atoms with Crippen LogP contribution in [0.15, 0.2) is 18.5 Å². The van der Waals surface area contributed by atoms with E-state index in [1.54, 1.807) is 0 Å². The molecule has 0 saturated heterocycles. The van der Waals surface area contributed by atoms with Crippen LogP contribution in [-0.4, -0.2) is 11.0 Å². The van der Waals surface area contributed by atoms with Crippen LogP contribution in [0.3, 0.4) is 0 Å². The van der Waals surface area contributed by atoms with Crippen LogP contribution in [0, 0.1) is 18.8 Å². The van der Waals surface area contributed by atoms with Crippen molar-refractivity contribution in [1.82, 2.24) is 4.98 Å². The van der Waals surface area contributed by atoms with Crippen molar-refractivity contribution in [3.8, 4) is 0 Å². The summed E-state index contributed by atoms with van der Waals surface area (Å²) in [7, 11) is 0. The molecule has 0 amide bonds. The van der Waals surface area contributed by atoms with Crippen LogP contribution in [0.5, 0.6) is 0 Å². The predicted molar refractivity (Wildman–Crippen MR) is 68.6 cm³/mol. The summed E-state index contributed by atoms with van der Waals surface area (Å²) in [4.78, 5) is 4.19. The summed E-state index contributed by atoms with van der Waals surface area (Å²) in [5, 5.41) is 3.67. The minimum absolute atomic E-state index is 0.617. The first-order valence-electron chi connectivity index (χ1n) is 6.34. The predicted octanol–water partition coefficient (Wildman–Crippen LogP) is 3.63. The number of nitrogens with one attached hydrogen (secondary N) is 1. The highest BCUT2D eigenvalue weighted by molar-refractivity contribution is 5.48. The lowest BCUT2D eigenvalue weighted by Crippen LogP contribution is -2.33. The van der Waals surface area contributed by atoms with E-state index in [0.717, 1.165) is 11.8 Å². The number of hydrogen-bond donors (Lipinski definition) is 1. The lowest BCUT2D eigenvalue weighted by atomic mass is 9.80. The molecule has 0 bridgehead atoms. The van der Waals surface area contributed by atoms with Crippen LogP contribution < -0.4 is 5.32 Å². The van der Waals surface area contributed by atoms with Gasteiger partial charge in [-0.2, -0.15) is 0 Å². The van der Waals surface area contributed by atoms with E-state index in [9.17, 15) is 0 Å². The fraction of sp³-hybridized carbons (Fsp3) is 0.643. The third-order valence-corrected chi connectivity index (χ3v) is 3.84. The van der Waals surface area contributed by atoms with E-state index in [2.05, 4.69) is 37.1 Å². The monoisotopic (exact) mass is 218 g/mol. The number of hydrogen-bond acceptors (Lipinski definition) is 2. The van der Waals surface area contributed by atoms with Gasteiger partial charge in [0.05, 0.1) is 11.9 Å². The summed E-state index contributed by atoms with van der Waals surface area (Å²) >= 11 is 0. The van der Waals surface area contributed by atoms with Crippen LogP contribution in [0.4, 0.5) is 5.69 Å². The lowest BCUT2D eigenvalue weighted by Gasteiger charge is -2.34. The molecule has 1 aromatic rings. The first-order chi connectivity index (χ1) is 7.66. The van der Waals surface area contributed by atoms with Gasteiger partial charge in [0.25, 0.3) is 0 Å². The minimum Gasteiger partial charge on any atom is -0.381 e. The molecule has 1 aliphatic carbocycles. The van der Waals surface area contributed by atoms with Gasteiger partial charge in [-0.05, 0) is 43.2 Å². The van der Waals surface area contributed by atoms with Gasteiger partial charge in [-0.15, -0.1) is 0 Å². The Morgan fingerprint density at radius 3 is 2.88 bits per heavy atom. The van der Waals surface area contributed by atoms with Crippen LogP contribution in [0.2, 0.25) is 0 Å². The largest absolute Gasteiger partial charge is 0.381 e. The van der Waals surface area contributed by atoms with Gasteiger partial charge in [0.1, 0.15) is 0 Å². The van der Waals surface area contributed by atoms with Crippen molar-refractivity contribution in [2.75, 3.05) is 5.32 Å². The molecule has 1 saturated carbocycles. The van der Waals surface area contributed by atoms with E-state index in [-0.39, 0.29) is 0 Å². The highest BCUT2D eigenvalue weighted by Gasteiger charge is 2.25. The molecule has 0 aliphatic heterocycles. The maximum atomic E-state index is 4.19. The van der Waals surface area contributed by atoms with Crippen molar-refractivity contribution in [1.29, 1.82) is 0 Å². The smallest absolute Gasteiger partial charge is 0.0558 e. The maximum absolute atomic E-state index is 4.19. The Balaban J connectivity index is 2.06. The number of aromatic nitrogens is 1. The Morgan fingerprint density at radius 2 is 2.12 bits per heavy atom. The Bertz CT molecular complexity index is 348. The Morgan fingerprint density at radius 1 is 1.31 bits per heavy atom. The molecule has 1 N–H and O–H groups in total. The third kappa shape index (κ3) is 2.55. The molecule has 3 unspecified atom stereocenters. The Labute approximate surface area is 98.5 Å². The molecular weight excluding hydrogens is 196 g/mol. The van der Waals surface area contributed by atoms with Crippen molar-refractivity contribution >= 4 is 5.69 Å². The van der Waals surface area contributed by atoms with Crippen molar-refractivity contribution in [2.24, 2.45) is 11.8 Å². The Kier molecular flexibility index (Phi) is 3.47. The molecule has 1 aromatic heterocycles. The number of nitrogens with zero attached hydrogens (tertiary/aromatic N) is 1. The van der Waals surface area contributed by atoms with Crippen LogP contribution in [0.1, 0.15) is 38.7 Å². The molecule has 0 radical (unpaired) electrons. The molecule has 88 valence electrons. The molecule has 1 aliphatic rings. The SMILES string of the molecule is Cc1ccncc1NC1CC(C)CCC1C. The average molecular weight is 218 g/mol. The van der Waals surface area contributed by atoms with E-state index >= 15 is 0 Å². The second-order valence-electron chi connectivity index (χ2n) is 5.34. The summed E-state index contributed by atoms with van der Waals surface area (Å²) in [5.74, 6) is 1.63. The maximum Gasteiger partial charge on any atom is 0.0558 e. The van der Waals surface area contributed by atoms with Gasteiger partial charge in [0, 0.05) is 12.2 Å². The zero-order valence-electron chi connectivity index (χ0n) is 10.5. The standard InChI is InChI=1S/C14H22N2/c1-10-4-5-11(2)13(8-10)16-14-9-15-7-6-12(14)3/h6-7,9-11,13,16H,4-5,8H2,1-3H3. The van der Waals surface area contributed by atoms with E-state index in [1.165, 1.54) is 30.5 Å². The normalized spacial score (nSPS) is 30.1. The highest BCUT2D eigenvalue weighted by Crippen LogP contribution is 2.31. The molecule has 2 heteroatoms. The Hall–Kier alpha value is -1.05. The van der Waals surface area contributed by atoms with Gasteiger partial charge in [-0.3, -0.25) is 4.98 Å². The molecule has 0 aromatic carbocycles. The summed E-state index contributed by atoms with van der Waals surface area (Å²) in [6.45, 7) is 6.85. The van der Waals surface area contributed by atoms with Crippen molar-refractivity contribution < 1.29 is 0 Å². The molecule has 1 fully saturated rings. The van der Waals surface area contributed by atoms with Crippen molar-refractivity contribution in [3.05, 3.63) is 24.0 Å². The molecule has 16 heavy (non-hydrogen) atoms. The molecule has 3 atom stereocenters. The second-order valence-corrected chi connectivity index (χ2v) is 5.34. The first kappa shape index (κ1) is 11.4. The third-order valence-electron chi connectivity index (χ3n) is 3.84. The van der Waals surface area contributed by atoms with Crippen LogP contribution >= 0.6 is 0 Å². The molecule has 2 nitrogen and oxygen atoms in total. The second kappa shape index (κ2) is 4.86. The number of pyridine rings is 1. The van der Waals surface area contributed by atoms with Crippen LogP contribution in [0.25, 0.3) is 0 Å². The summed E-state index contributed by atoms with van der Waals surface area (Å²) in [6.07, 6.45) is 7.81. The topological polar surface area (TPSA) is 24.9 Å². The number of rotatable bonds is 2. The van der Waals surface area contributed by atoms with E-state index in [4.69, 9.17) is 0 Å². The summed E-state index contributed by atoms with van der Waals surface area (Å²) in [5.41, 5.74) is 2.49. The zero-order chi connectivity index (χ0) is 11.5. The highest BCUT2D eigenvalue weighted by atomic mass is 14.9. The van der Waals surface area contributed by atoms with Gasteiger partial charge in [0.15, 0.2) is 0 Å². The number of anilines is 1. The lowest BCUT2D eigenvalue weighted by molar-refractivity contribution is 0.280. The van der Waals surface area contributed by atoms with Crippen LogP contribution in [-0.2, 0) is 0 Å². The molecule has 2 rings (SSSR count). The fourth-order valence-corrected chi connectivity index (χ4v) is 2.55.